The maximum Gasteiger partial charge on any atom is 0.320 e. The molecule has 2 saturated heterocycles. The fourth-order valence-electron chi connectivity index (χ4n) is 5.86. The molecule has 5 rings (SSSR count). The second kappa shape index (κ2) is 11.8. The summed E-state index contributed by atoms with van der Waals surface area (Å²) in [7, 11) is 3.73. The molecule has 0 bridgehead atoms. The first-order valence-electron chi connectivity index (χ1n) is 13.4. The van der Waals surface area contributed by atoms with Crippen molar-refractivity contribution < 1.29 is 18.3 Å². The lowest BCUT2D eigenvalue weighted by atomic mass is 9.94. The summed E-state index contributed by atoms with van der Waals surface area (Å²) in [6.45, 7) is 5.27. The third-order valence-corrected chi connectivity index (χ3v) is 7.86. The standard InChI is InChI=1S/C29H36F2N6O2/c1-19-27(26-10-7-11-35(26)2)34-37(23-8-5-4-6-9-23)28(19)33-29(38)32-25-18-36(12-13-39-3)17-24(25)20-14-21(30)16-22(31)15-20/h4-6,8-9,14-16,24-26H,7,10-13,17-18H2,1-3H3,(H2,32,33,38)/t24-,25+,26?/m0/s1. The molecule has 2 aromatic carbocycles. The summed E-state index contributed by atoms with van der Waals surface area (Å²) in [6, 6.07) is 12.7. The van der Waals surface area contributed by atoms with Crippen molar-refractivity contribution in [3.8, 4) is 5.69 Å². The van der Waals surface area contributed by atoms with E-state index in [1.165, 1.54) is 12.1 Å². The molecular weight excluding hydrogens is 502 g/mol. The molecule has 10 heteroatoms. The highest BCUT2D eigenvalue weighted by molar-refractivity contribution is 5.90. The lowest BCUT2D eigenvalue weighted by Gasteiger charge is -2.21. The Labute approximate surface area is 227 Å². The number of rotatable bonds is 8. The fraction of sp³-hybridized carbons (Fsp3) is 0.448. The van der Waals surface area contributed by atoms with Gasteiger partial charge in [0.2, 0.25) is 0 Å². The summed E-state index contributed by atoms with van der Waals surface area (Å²) in [5.74, 6) is -0.928. The number of benzene rings is 2. The first kappa shape index (κ1) is 27.2. The molecule has 0 aliphatic carbocycles. The Kier molecular flexibility index (Phi) is 8.25. The molecule has 3 atom stereocenters. The van der Waals surface area contributed by atoms with Gasteiger partial charge in [0.1, 0.15) is 17.5 Å². The van der Waals surface area contributed by atoms with E-state index in [0.29, 0.717) is 37.6 Å². The number of ether oxygens (including phenoxy) is 1. The molecule has 2 fully saturated rings. The summed E-state index contributed by atoms with van der Waals surface area (Å²) in [5, 5.41) is 11.1. The Balaban J connectivity index is 1.41. The average molecular weight is 539 g/mol. The summed E-state index contributed by atoms with van der Waals surface area (Å²) in [5.41, 5.74) is 3.25. The number of carbonyl (C=O) groups excluding carboxylic acids is 1. The zero-order valence-electron chi connectivity index (χ0n) is 22.7. The number of nitrogens with one attached hydrogen (secondary N) is 2. The van der Waals surface area contributed by atoms with Gasteiger partial charge >= 0.3 is 6.03 Å². The smallest absolute Gasteiger partial charge is 0.320 e. The zero-order valence-corrected chi connectivity index (χ0v) is 22.7. The number of hydrogen-bond acceptors (Lipinski definition) is 5. The minimum absolute atomic E-state index is 0.190. The quantitative estimate of drug-likeness (QED) is 0.443. The summed E-state index contributed by atoms with van der Waals surface area (Å²) < 4.78 is 35.2. The predicted octanol–water partition coefficient (Wildman–Crippen LogP) is 4.46. The van der Waals surface area contributed by atoms with Crippen LogP contribution in [-0.4, -0.2) is 78.6 Å². The van der Waals surface area contributed by atoms with Crippen molar-refractivity contribution in [2.45, 2.75) is 37.8 Å². The third-order valence-electron chi connectivity index (χ3n) is 7.86. The number of nitrogens with zero attached hydrogens (tertiary/aromatic N) is 4. The highest BCUT2D eigenvalue weighted by atomic mass is 19.1. The van der Waals surface area contributed by atoms with Gasteiger partial charge in [0, 0.05) is 44.3 Å². The normalized spacial score (nSPS) is 21.9. The highest BCUT2D eigenvalue weighted by Gasteiger charge is 2.36. The van der Waals surface area contributed by atoms with Crippen LogP contribution < -0.4 is 10.6 Å². The molecule has 2 aliphatic rings. The molecule has 3 heterocycles. The van der Waals surface area contributed by atoms with Gasteiger partial charge in [-0.25, -0.2) is 18.3 Å². The topological polar surface area (TPSA) is 74.7 Å². The summed E-state index contributed by atoms with van der Waals surface area (Å²) >= 11 is 0. The van der Waals surface area contributed by atoms with E-state index in [9.17, 15) is 13.6 Å². The number of carbonyl (C=O) groups is 1. The van der Waals surface area contributed by atoms with E-state index in [1.807, 2.05) is 37.3 Å². The molecule has 2 amide bonds. The van der Waals surface area contributed by atoms with E-state index < -0.39 is 11.6 Å². The van der Waals surface area contributed by atoms with Gasteiger partial charge in [-0.1, -0.05) is 18.2 Å². The van der Waals surface area contributed by atoms with Crippen LogP contribution in [0.2, 0.25) is 0 Å². The van der Waals surface area contributed by atoms with Crippen molar-refractivity contribution in [3.63, 3.8) is 0 Å². The molecule has 2 N–H and O–H groups in total. The van der Waals surface area contributed by atoms with Gasteiger partial charge < -0.3 is 10.1 Å². The first-order valence-corrected chi connectivity index (χ1v) is 13.4. The van der Waals surface area contributed by atoms with Crippen molar-refractivity contribution in [1.29, 1.82) is 0 Å². The molecule has 39 heavy (non-hydrogen) atoms. The Morgan fingerprint density at radius 3 is 2.54 bits per heavy atom. The second-order valence-corrected chi connectivity index (χ2v) is 10.5. The van der Waals surface area contributed by atoms with Crippen molar-refractivity contribution in [1.82, 2.24) is 24.9 Å². The van der Waals surface area contributed by atoms with Crippen LogP contribution in [0.5, 0.6) is 0 Å². The molecule has 2 aliphatic heterocycles. The summed E-state index contributed by atoms with van der Waals surface area (Å²) in [6.07, 6.45) is 2.12. The molecule has 8 nitrogen and oxygen atoms in total. The molecule has 3 aromatic rings. The fourth-order valence-corrected chi connectivity index (χ4v) is 5.86. The average Bonchev–Trinajstić information content (AvgIpc) is 3.60. The van der Waals surface area contributed by atoms with E-state index in [-0.39, 0.29) is 24.0 Å². The van der Waals surface area contributed by atoms with Gasteiger partial charge in [-0.05, 0) is 63.2 Å². The lowest BCUT2D eigenvalue weighted by Crippen LogP contribution is -2.42. The predicted molar refractivity (Wildman–Crippen MR) is 146 cm³/mol. The van der Waals surface area contributed by atoms with Crippen molar-refractivity contribution in [2.75, 3.05) is 52.3 Å². The van der Waals surface area contributed by atoms with Gasteiger partial charge in [-0.2, -0.15) is 5.10 Å². The maximum atomic E-state index is 14.1. The highest BCUT2D eigenvalue weighted by Crippen LogP contribution is 2.35. The van der Waals surface area contributed by atoms with Crippen LogP contribution in [0, 0.1) is 18.6 Å². The van der Waals surface area contributed by atoms with Gasteiger partial charge in [-0.3, -0.25) is 15.1 Å². The second-order valence-electron chi connectivity index (χ2n) is 10.5. The number of anilines is 1. The van der Waals surface area contributed by atoms with Gasteiger partial charge in [0.05, 0.1) is 30.1 Å². The van der Waals surface area contributed by atoms with E-state index in [2.05, 4.69) is 27.5 Å². The van der Waals surface area contributed by atoms with Crippen molar-refractivity contribution in [3.05, 3.63) is 77.0 Å². The van der Waals surface area contributed by atoms with Gasteiger partial charge in [0.25, 0.3) is 0 Å². The van der Waals surface area contributed by atoms with Crippen LogP contribution >= 0.6 is 0 Å². The summed E-state index contributed by atoms with van der Waals surface area (Å²) in [4.78, 5) is 17.9. The number of methoxy groups -OCH3 is 1. The molecule has 208 valence electrons. The molecule has 0 radical (unpaired) electrons. The van der Waals surface area contributed by atoms with Gasteiger partial charge in [0.15, 0.2) is 0 Å². The Morgan fingerprint density at radius 1 is 1.13 bits per heavy atom. The molecule has 1 unspecified atom stereocenters. The number of para-hydroxylation sites is 1. The number of urea groups is 1. The van der Waals surface area contributed by atoms with E-state index >= 15 is 0 Å². The van der Waals surface area contributed by atoms with E-state index in [4.69, 9.17) is 9.84 Å². The number of likely N-dealkylation sites (tertiary alicyclic amines) is 2. The van der Waals surface area contributed by atoms with Crippen LogP contribution in [0.1, 0.15) is 41.6 Å². The monoisotopic (exact) mass is 538 g/mol. The molecular formula is C29H36F2N6O2. The SMILES string of the molecule is COCCN1C[C@@H](NC(=O)Nc2c(C)c(C3CCCN3C)nn2-c2ccccc2)[C@H](c2cc(F)cc(F)c2)C1. The third kappa shape index (κ3) is 5.98. The maximum absolute atomic E-state index is 14.1. The Morgan fingerprint density at radius 2 is 1.87 bits per heavy atom. The molecule has 1 aromatic heterocycles. The van der Waals surface area contributed by atoms with Crippen LogP contribution in [0.3, 0.4) is 0 Å². The Hall–Kier alpha value is -3.34. The largest absolute Gasteiger partial charge is 0.383 e. The Bertz CT molecular complexity index is 1280. The van der Waals surface area contributed by atoms with Crippen LogP contribution in [0.15, 0.2) is 48.5 Å². The van der Waals surface area contributed by atoms with Crippen LogP contribution in [-0.2, 0) is 4.74 Å². The number of halogens is 2. The van der Waals surface area contributed by atoms with E-state index in [0.717, 1.165) is 42.4 Å². The van der Waals surface area contributed by atoms with Crippen molar-refractivity contribution >= 4 is 11.8 Å². The van der Waals surface area contributed by atoms with E-state index in [1.54, 1.807) is 11.8 Å². The van der Waals surface area contributed by atoms with Gasteiger partial charge in [-0.15, -0.1) is 0 Å². The lowest BCUT2D eigenvalue weighted by molar-refractivity contribution is 0.159. The van der Waals surface area contributed by atoms with Crippen LogP contribution in [0.25, 0.3) is 5.69 Å². The number of hydrogen-bond donors (Lipinski definition) is 2. The van der Waals surface area contributed by atoms with Crippen molar-refractivity contribution in [2.24, 2.45) is 0 Å². The number of amides is 2. The zero-order chi connectivity index (χ0) is 27.5. The molecule has 0 spiro atoms. The minimum Gasteiger partial charge on any atom is -0.383 e. The number of aromatic nitrogens is 2. The van der Waals surface area contributed by atoms with Crippen LogP contribution in [0.4, 0.5) is 19.4 Å². The first-order chi connectivity index (χ1) is 18.8. The minimum atomic E-state index is -0.629. The molecule has 0 saturated carbocycles.